The van der Waals surface area contributed by atoms with Gasteiger partial charge in [-0.25, -0.2) is 0 Å². The molecule has 2 nitrogen and oxygen atoms in total. The van der Waals surface area contributed by atoms with Crippen LogP contribution in [0.15, 0.2) is 54.6 Å². The SMILES string of the molecule is Cc1cc(Cc2c(O)ccc3ccccc23)ccc1O. The molecule has 3 rings (SSSR count). The van der Waals surface area contributed by atoms with E-state index >= 15 is 0 Å². The molecule has 0 saturated heterocycles. The summed E-state index contributed by atoms with van der Waals surface area (Å²) >= 11 is 0. The molecule has 2 heteroatoms. The van der Waals surface area contributed by atoms with Gasteiger partial charge in [-0.3, -0.25) is 0 Å². The standard InChI is InChI=1S/C18H16O2/c1-12-10-13(6-8-17(12)19)11-16-15-5-3-2-4-14(15)7-9-18(16)20/h2-10,19-20H,11H2,1H3. The van der Waals surface area contributed by atoms with Gasteiger partial charge in [0.1, 0.15) is 11.5 Å². The topological polar surface area (TPSA) is 40.5 Å². The number of hydrogen-bond acceptors (Lipinski definition) is 2. The normalized spacial score (nSPS) is 10.8. The first-order valence-corrected chi connectivity index (χ1v) is 6.63. The van der Waals surface area contributed by atoms with Crippen molar-refractivity contribution in [2.45, 2.75) is 13.3 Å². The molecule has 0 aliphatic carbocycles. The van der Waals surface area contributed by atoms with E-state index in [0.717, 1.165) is 27.5 Å². The summed E-state index contributed by atoms with van der Waals surface area (Å²) < 4.78 is 0. The summed E-state index contributed by atoms with van der Waals surface area (Å²) in [5, 5.41) is 21.9. The van der Waals surface area contributed by atoms with Crippen LogP contribution in [0, 0.1) is 6.92 Å². The van der Waals surface area contributed by atoms with Crippen LogP contribution in [0.2, 0.25) is 0 Å². The number of benzene rings is 3. The Hall–Kier alpha value is -2.48. The summed E-state index contributed by atoms with van der Waals surface area (Å²) in [7, 11) is 0. The van der Waals surface area contributed by atoms with E-state index in [2.05, 4.69) is 0 Å². The Labute approximate surface area is 117 Å². The molecule has 20 heavy (non-hydrogen) atoms. The van der Waals surface area contributed by atoms with E-state index in [1.807, 2.05) is 49.4 Å². The summed E-state index contributed by atoms with van der Waals surface area (Å²) in [6.07, 6.45) is 0.647. The Morgan fingerprint density at radius 2 is 1.60 bits per heavy atom. The highest BCUT2D eigenvalue weighted by Crippen LogP contribution is 2.30. The van der Waals surface area contributed by atoms with Gasteiger partial charge in [0.15, 0.2) is 0 Å². The van der Waals surface area contributed by atoms with E-state index in [0.29, 0.717) is 17.9 Å². The third-order valence-electron chi connectivity index (χ3n) is 3.66. The minimum absolute atomic E-state index is 0.302. The molecule has 0 atom stereocenters. The number of rotatable bonds is 2. The Morgan fingerprint density at radius 1 is 0.850 bits per heavy atom. The fourth-order valence-corrected chi connectivity index (χ4v) is 2.54. The molecule has 0 aliphatic heterocycles. The first-order chi connectivity index (χ1) is 9.65. The van der Waals surface area contributed by atoms with Crippen LogP contribution in [0.25, 0.3) is 10.8 Å². The van der Waals surface area contributed by atoms with Crippen molar-refractivity contribution in [1.82, 2.24) is 0 Å². The molecule has 0 fully saturated rings. The molecule has 100 valence electrons. The molecular formula is C18H16O2. The second-order valence-corrected chi connectivity index (χ2v) is 5.08. The fourth-order valence-electron chi connectivity index (χ4n) is 2.54. The minimum Gasteiger partial charge on any atom is -0.508 e. The van der Waals surface area contributed by atoms with Crippen molar-refractivity contribution in [3.05, 3.63) is 71.3 Å². The Balaban J connectivity index is 2.10. The second-order valence-electron chi connectivity index (χ2n) is 5.08. The Bertz CT molecular complexity index is 775. The zero-order valence-corrected chi connectivity index (χ0v) is 11.3. The number of aryl methyl sites for hydroxylation is 1. The number of aromatic hydroxyl groups is 2. The van der Waals surface area contributed by atoms with E-state index in [4.69, 9.17) is 0 Å². The zero-order valence-electron chi connectivity index (χ0n) is 11.3. The van der Waals surface area contributed by atoms with Crippen LogP contribution in [0.5, 0.6) is 11.5 Å². The van der Waals surface area contributed by atoms with Gasteiger partial charge in [0, 0.05) is 12.0 Å². The van der Waals surface area contributed by atoms with Crippen molar-refractivity contribution in [3.8, 4) is 11.5 Å². The van der Waals surface area contributed by atoms with Crippen molar-refractivity contribution in [2.75, 3.05) is 0 Å². The third-order valence-corrected chi connectivity index (χ3v) is 3.66. The highest BCUT2D eigenvalue weighted by Gasteiger charge is 2.08. The van der Waals surface area contributed by atoms with Gasteiger partial charge in [0.25, 0.3) is 0 Å². The van der Waals surface area contributed by atoms with Crippen LogP contribution in [0.4, 0.5) is 0 Å². The number of phenols is 2. The lowest BCUT2D eigenvalue weighted by Crippen LogP contribution is -1.92. The largest absolute Gasteiger partial charge is 0.508 e. The average Bonchev–Trinajstić information content (AvgIpc) is 2.46. The fraction of sp³-hybridized carbons (Fsp3) is 0.111. The number of hydrogen-bond donors (Lipinski definition) is 2. The summed E-state index contributed by atoms with van der Waals surface area (Å²) in [5.41, 5.74) is 2.85. The van der Waals surface area contributed by atoms with Gasteiger partial charge >= 0.3 is 0 Å². The lowest BCUT2D eigenvalue weighted by Gasteiger charge is -2.10. The minimum atomic E-state index is 0.302. The van der Waals surface area contributed by atoms with Gasteiger partial charge in [0.05, 0.1) is 0 Å². The lowest BCUT2D eigenvalue weighted by atomic mass is 9.96. The van der Waals surface area contributed by atoms with Gasteiger partial charge in [-0.1, -0.05) is 42.5 Å². The van der Waals surface area contributed by atoms with E-state index in [1.54, 1.807) is 12.1 Å². The highest BCUT2D eigenvalue weighted by molar-refractivity contribution is 5.88. The third kappa shape index (κ3) is 2.21. The van der Waals surface area contributed by atoms with E-state index < -0.39 is 0 Å². The maximum Gasteiger partial charge on any atom is 0.119 e. The maximum absolute atomic E-state index is 10.1. The molecule has 0 radical (unpaired) electrons. The van der Waals surface area contributed by atoms with Crippen molar-refractivity contribution in [3.63, 3.8) is 0 Å². The Morgan fingerprint density at radius 3 is 2.40 bits per heavy atom. The smallest absolute Gasteiger partial charge is 0.119 e. The molecular weight excluding hydrogens is 248 g/mol. The number of phenolic OH excluding ortho intramolecular Hbond substituents is 2. The predicted molar refractivity (Wildman–Crippen MR) is 81.3 cm³/mol. The summed E-state index contributed by atoms with van der Waals surface area (Å²) in [5.74, 6) is 0.616. The molecule has 3 aromatic rings. The highest BCUT2D eigenvalue weighted by atomic mass is 16.3. The number of fused-ring (bicyclic) bond motifs is 1. The Kier molecular flexibility index (Phi) is 3.07. The van der Waals surface area contributed by atoms with E-state index in [1.165, 1.54) is 0 Å². The van der Waals surface area contributed by atoms with Gasteiger partial charge in [0.2, 0.25) is 0 Å². The molecule has 2 N–H and O–H groups in total. The molecule has 0 aliphatic rings. The van der Waals surface area contributed by atoms with Gasteiger partial charge in [-0.2, -0.15) is 0 Å². The van der Waals surface area contributed by atoms with Crippen LogP contribution < -0.4 is 0 Å². The van der Waals surface area contributed by atoms with Crippen LogP contribution in [0.3, 0.4) is 0 Å². The van der Waals surface area contributed by atoms with Gasteiger partial charge in [-0.05, 0) is 41.0 Å². The molecule has 0 bridgehead atoms. The first kappa shape index (κ1) is 12.5. The zero-order chi connectivity index (χ0) is 14.1. The van der Waals surface area contributed by atoms with E-state index in [-0.39, 0.29) is 0 Å². The van der Waals surface area contributed by atoms with Crippen LogP contribution in [-0.2, 0) is 6.42 Å². The van der Waals surface area contributed by atoms with Crippen molar-refractivity contribution in [2.24, 2.45) is 0 Å². The first-order valence-electron chi connectivity index (χ1n) is 6.63. The van der Waals surface area contributed by atoms with Crippen LogP contribution >= 0.6 is 0 Å². The van der Waals surface area contributed by atoms with Crippen molar-refractivity contribution < 1.29 is 10.2 Å². The van der Waals surface area contributed by atoms with Crippen molar-refractivity contribution >= 4 is 10.8 Å². The lowest BCUT2D eigenvalue weighted by molar-refractivity contribution is 0.470. The predicted octanol–water partition coefficient (Wildman–Crippen LogP) is 4.15. The average molecular weight is 264 g/mol. The molecule has 0 unspecified atom stereocenters. The maximum atomic E-state index is 10.1. The van der Waals surface area contributed by atoms with Gasteiger partial charge in [-0.15, -0.1) is 0 Å². The molecule has 0 heterocycles. The summed E-state index contributed by atoms with van der Waals surface area (Å²) in [6.45, 7) is 1.88. The second kappa shape index (κ2) is 4.89. The summed E-state index contributed by atoms with van der Waals surface area (Å²) in [4.78, 5) is 0. The molecule has 3 aromatic carbocycles. The van der Waals surface area contributed by atoms with E-state index in [9.17, 15) is 10.2 Å². The molecule has 0 saturated carbocycles. The molecule has 0 aromatic heterocycles. The monoisotopic (exact) mass is 264 g/mol. The van der Waals surface area contributed by atoms with Gasteiger partial charge < -0.3 is 10.2 Å². The quantitative estimate of drug-likeness (QED) is 0.730. The summed E-state index contributed by atoms with van der Waals surface area (Å²) in [6, 6.07) is 17.3. The van der Waals surface area contributed by atoms with Crippen molar-refractivity contribution in [1.29, 1.82) is 0 Å². The molecule has 0 spiro atoms. The van der Waals surface area contributed by atoms with Crippen LogP contribution in [0.1, 0.15) is 16.7 Å². The molecule has 0 amide bonds. The van der Waals surface area contributed by atoms with Crippen LogP contribution in [-0.4, -0.2) is 10.2 Å².